The van der Waals surface area contributed by atoms with Crippen molar-refractivity contribution in [1.29, 1.82) is 0 Å². The van der Waals surface area contributed by atoms with Gasteiger partial charge in [-0.3, -0.25) is 9.59 Å². The maximum atomic E-state index is 12.0. The number of ether oxygens (including phenoxy) is 1. The van der Waals surface area contributed by atoms with Gasteiger partial charge in [0, 0.05) is 11.6 Å². The molecule has 1 aliphatic rings. The Balaban J connectivity index is 1.77. The second kappa shape index (κ2) is 7.29. The fourth-order valence-corrected chi connectivity index (χ4v) is 2.24. The van der Waals surface area contributed by atoms with Crippen LogP contribution in [0.5, 0.6) is 5.75 Å². The summed E-state index contributed by atoms with van der Waals surface area (Å²) in [5.74, 6) is 0.925. The molecule has 1 aliphatic carbocycles. The molecule has 2 amide bonds. The monoisotopic (exact) mass is 304 g/mol. The molecule has 22 heavy (non-hydrogen) atoms. The van der Waals surface area contributed by atoms with Crippen LogP contribution in [0, 0.1) is 5.92 Å². The van der Waals surface area contributed by atoms with Crippen molar-refractivity contribution < 1.29 is 14.3 Å². The predicted molar refractivity (Wildman–Crippen MR) is 84.9 cm³/mol. The zero-order valence-electron chi connectivity index (χ0n) is 13.4. The number of carbonyl (C=O) groups excluding carboxylic acids is 2. The summed E-state index contributed by atoms with van der Waals surface area (Å²) >= 11 is 0. The van der Waals surface area contributed by atoms with Crippen LogP contribution in [0.15, 0.2) is 24.3 Å². The molecule has 5 nitrogen and oxygen atoms in total. The molecule has 1 atom stereocenters. The van der Waals surface area contributed by atoms with E-state index in [9.17, 15) is 9.59 Å². The Bertz CT molecular complexity index is 521. The van der Waals surface area contributed by atoms with Gasteiger partial charge in [-0.15, -0.1) is 0 Å². The Kier molecular flexibility index (Phi) is 5.41. The molecule has 0 heterocycles. The van der Waals surface area contributed by atoms with Gasteiger partial charge in [0.25, 0.3) is 5.91 Å². The third-order valence-corrected chi connectivity index (χ3v) is 3.62. The zero-order valence-corrected chi connectivity index (χ0v) is 13.4. The quantitative estimate of drug-likeness (QED) is 0.811. The number of rotatable bonds is 7. The maximum absolute atomic E-state index is 12.0. The number of benzene rings is 1. The minimum Gasteiger partial charge on any atom is -0.491 e. The van der Waals surface area contributed by atoms with Gasteiger partial charge in [0.15, 0.2) is 0 Å². The number of carbonyl (C=O) groups is 2. The van der Waals surface area contributed by atoms with Gasteiger partial charge in [0.1, 0.15) is 5.75 Å². The summed E-state index contributed by atoms with van der Waals surface area (Å²) in [5.41, 5.74) is 0.513. The maximum Gasteiger partial charge on any atom is 0.251 e. The van der Waals surface area contributed by atoms with E-state index in [0.29, 0.717) is 11.5 Å². The first-order valence-electron chi connectivity index (χ1n) is 7.80. The van der Waals surface area contributed by atoms with Crippen molar-refractivity contribution in [3.8, 4) is 5.75 Å². The number of nitrogens with one attached hydrogen (secondary N) is 2. The van der Waals surface area contributed by atoms with E-state index in [-0.39, 0.29) is 30.5 Å². The largest absolute Gasteiger partial charge is 0.491 e. The van der Waals surface area contributed by atoms with E-state index in [0.717, 1.165) is 5.75 Å². The highest BCUT2D eigenvalue weighted by Crippen LogP contribution is 2.32. The number of hydrogen-bond acceptors (Lipinski definition) is 3. The summed E-state index contributed by atoms with van der Waals surface area (Å²) in [6.07, 6.45) is 2.45. The van der Waals surface area contributed by atoms with Crippen molar-refractivity contribution in [2.24, 2.45) is 5.92 Å². The van der Waals surface area contributed by atoms with Gasteiger partial charge in [0.05, 0.1) is 12.6 Å². The lowest BCUT2D eigenvalue weighted by Crippen LogP contribution is -2.41. The average molecular weight is 304 g/mol. The molecule has 0 spiro atoms. The van der Waals surface area contributed by atoms with Crippen LogP contribution in [0.2, 0.25) is 0 Å². The topological polar surface area (TPSA) is 67.4 Å². The molecule has 0 aliphatic heterocycles. The summed E-state index contributed by atoms with van der Waals surface area (Å²) in [7, 11) is 0. The van der Waals surface area contributed by atoms with E-state index in [1.54, 1.807) is 24.3 Å². The molecule has 1 aromatic rings. The van der Waals surface area contributed by atoms with E-state index < -0.39 is 0 Å². The highest BCUT2D eigenvalue weighted by atomic mass is 16.5. The van der Waals surface area contributed by atoms with Crippen LogP contribution in [0.25, 0.3) is 0 Å². The molecule has 0 radical (unpaired) electrons. The van der Waals surface area contributed by atoms with E-state index >= 15 is 0 Å². The number of hydrogen-bond donors (Lipinski definition) is 2. The summed E-state index contributed by atoms with van der Waals surface area (Å²) in [5, 5.41) is 5.54. The van der Waals surface area contributed by atoms with Gasteiger partial charge in [0.2, 0.25) is 5.91 Å². The minimum atomic E-state index is -0.259. The Morgan fingerprint density at radius 1 is 1.18 bits per heavy atom. The molecule has 1 fully saturated rings. The molecule has 1 saturated carbocycles. The van der Waals surface area contributed by atoms with E-state index in [1.165, 1.54) is 12.8 Å². The van der Waals surface area contributed by atoms with Crippen molar-refractivity contribution in [1.82, 2.24) is 10.6 Å². The lowest BCUT2D eigenvalue weighted by atomic mass is 10.2. The van der Waals surface area contributed by atoms with Crippen LogP contribution >= 0.6 is 0 Å². The van der Waals surface area contributed by atoms with Gasteiger partial charge in [-0.2, -0.15) is 0 Å². The molecule has 2 N–H and O–H groups in total. The third-order valence-electron chi connectivity index (χ3n) is 3.62. The van der Waals surface area contributed by atoms with Gasteiger partial charge >= 0.3 is 0 Å². The second-order valence-electron chi connectivity index (χ2n) is 6.07. The van der Waals surface area contributed by atoms with Crippen molar-refractivity contribution in [3.63, 3.8) is 0 Å². The zero-order chi connectivity index (χ0) is 16.1. The Morgan fingerprint density at radius 3 is 2.36 bits per heavy atom. The van der Waals surface area contributed by atoms with Gasteiger partial charge in [-0.25, -0.2) is 0 Å². The molecule has 0 bridgehead atoms. The molecule has 0 aromatic heterocycles. The van der Waals surface area contributed by atoms with Crippen LogP contribution in [0.4, 0.5) is 0 Å². The summed E-state index contributed by atoms with van der Waals surface area (Å²) in [4.78, 5) is 23.7. The van der Waals surface area contributed by atoms with Crippen molar-refractivity contribution in [3.05, 3.63) is 29.8 Å². The Morgan fingerprint density at radius 2 is 1.82 bits per heavy atom. The van der Waals surface area contributed by atoms with Gasteiger partial charge in [-0.05, 0) is 63.8 Å². The standard InChI is InChI=1S/C17H24N2O3/c1-11(2)22-15-8-6-14(7-9-15)17(21)18-10-16(20)19-12(3)13-4-5-13/h6-9,11-13H,4-5,10H2,1-3H3,(H,18,21)(H,19,20)/t12-/m0/s1. The smallest absolute Gasteiger partial charge is 0.251 e. The molecule has 0 unspecified atom stereocenters. The van der Waals surface area contributed by atoms with Crippen LogP contribution < -0.4 is 15.4 Å². The minimum absolute atomic E-state index is 0.000138. The SMILES string of the molecule is CC(C)Oc1ccc(C(=O)NCC(=O)N[C@@H](C)C2CC2)cc1. The van der Waals surface area contributed by atoms with Crippen molar-refractivity contribution >= 4 is 11.8 Å². The predicted octanol–water partition coefficient (Wildman–Crippen LogP) is 2.12. The molecular weight excluding hydrogens is 280 g/mol. The highest BCUT2D eigenvalue weighted by Gasteiger charge is 2.28. The fourth-order valence-electron chi connectivity index (χ4n) is 2.24. The molecular formula is C17H24N2O3. The van der Waals surface area contributed by atoms with Crippen LogP contribution in [0.3, 0.4) is 0 Å². The first kappa shape index (κ1) is 16.3. The molecule has 120 valence electrons. The van der Waals surface area contributed by atoms with E-state index in [2.05, 4.69) is 10.6 Å². The summed E-state index contributed by atoms with van der Waals surface area (Å²) < 4.78 is 5.52. The molecule has 1 aromatic carbocycles. The van der Waals surface area contributed by atoms with Gasteiger partial charge < -0.3 is 15.4 Å². The molecule has 0 saturated heterocycles. The molecule has 2 rings (SSSR count). The Hall–Kier alpha value is -2.04. The van der Waals surface area contributed by atoms with Crippen LogP contribution in [-0.4, -0.2) is 30.5 Å². The first-order chi connectivity index (χ1) is 10.5. The highest BCUT2D eigenvalue weighted by molar-refractivity contribution is 5.96. The van der Waals surface area contributed by atoms with E-state index in [1.807, 2.05) is 20.8 Å². The van der Waals surface area contributed by atoms with Crippen molar-refractivity contribution in [2.45, 2.75) is 45.8 Å². The molecule has 5 heteroatoms. The normalized spacial score (nSPS) is 15.3. The lowest BCUT2D eigenvalue weighted by molar-refractivity contribution is -0.120. The Labute approximate surface area is 131 Å². The third kappa shape index (κ3) is 5.06. The van der Waals surface area contributed by atoms with Gasteiger partial charge in [-0.1, -0.05) is 0 Å². The van der Waals surface area contributed by atoms with Crippen molar-refractivity contribution in [2.75, 3.05) is 6.54 Å². The van der Waals surface area contributed by atoms with Crippen LogP contribution in [-0.2, 0) is 4.79 Å². The first-order valence-corrected chi connectivity index (χ1v) is 7.80. The van der Waals surface area contributed by atoms with E-state index in [4.69, 9.17) is 4.74 Å². The summed E-state index contributed by atoms with van der Waals surface area (Å²) in [6.45, 7) is 5.90. The van der Waals surface area contributed by atoms with Crippen LogP contribution in [0.1, 0.15) is 44.0 Å². The fraction of sp³-hybridized carbons (Fsp3) is 0.529. The second-order valence-corrected chi connectivity index (χ2v) is 6.07. The average Bonchev–Trinajstić information content (AvgIpc) is 3.29. The lowest BCUT2D eigenvalue weighted by Gasteiger charge is -2.13. The number of amides is 2. The summed E-state index contributed by atoms with van der Waals surface area (Å²) in [6, 6.07) is 7.08.